The van der Waals surface area contributed by atoms with Crippen LogP contribution in [0.4, 0.5) is 0 Å². The monoisotopic (exact) mass is 319 g/mol. The average Bonchev–Trinajstić information content (AvgIpc) is 3.14. The summed E-state index contributed by atoms with van der Waals surface area (Å²) in [5, 5.41) is 10.6. The highest BCUT2D eigenvalue weighted by Crippen LogP contribution is 2.28. The van der Waals surface area contributed by atoms with E-state index in [0.29, 0.717) is 18.7 Å². The van der Waals surface area contributed by atoms with Crippen molar-refractivity contribution in [2.45, 2.75) is 25.8 Å². The van der Waals surface area contributed by atoms with E-state index in [1.165, 1.54) is 0 Å². The zero-order valence-corrected chi connectivity index (χ0v) is 13.0. The van der Waals surface area contributed by atoms with E-state index >= 15 is 0 Å². The quantitative estimate of drug-likeness (QED) is 0.846. The Labute approximate surface area is 132 Å². The maximum Gasteiger partial charge on any atom is 0.272 e. The lowest BCUT2D eigenvalue weighted by Gasteiger charge is -2.16. The summed E-state index contributed by atoms with van der Waals surface area (Å²) in [6, 6.07) is 6.91. The fraction of sp³-hybridized carbons (Fsp3) is 0.333. The van der Waals surface area contributed by atoms with Crippen LogP contribution < -0.4 is 10.3 Å². The Morgan fingerprint density at radius 2 is 2.23 bits per heavy atom. The lowest BCUT2D eigenvalue weighted by molar-refractivity contribution is -0.151. The van der Waals surface area contributed by atoms with Gasteiger partial charge in [0, 0.05) is 6.54 Å². The van der Waals surface area contributed by atoms with E-state index in [-0.39, 0.29) is 5.91 Å². The van der Waals surface area contributed by atoms with Gasteiger partial charge in [0.1, 0.15) is 6.04 Å². The van der Waals surface area contributed by atoms with Crippen LogP contribution >= 0.6 is 11.3 Å². The molecule has 1 atom stereocenters. The fourth-order valence-corrected chi connectivity index (χ4v) is 3.26. The number of nitrogens with one attached hydrogen (secondary N) is 1. The number of hydroxylamine groups is 3. The van der Waals surface area contributed by atoms with Crippen molar-refractivity contribution in [2.75, 3.05) is 6.54 Å². The first-order chi connectivity index (χ1) is 10.6. The van der Waals surface area contributed by atoms with Crippen molar-refractivity contribution in [3.8, 4) is 16.2 Å². The molecule has 1 aliphatic heterocycles. The smallest absolute Gasteiger partial charge is 0.272 e. The first kappa shape index (κ1) is 15.0. The Bertz CT molecular complexity index is 656. The van der Waals surface area contributed by atoms with Crippen LogP contribution in [-0.2, 0) is 4.79 Å². The molecule has 2 heterocycles. The third kappa shape index (κ3) is 3.11. The highest BCUT2D eigenvalue weighted by atomic mass is 32.1. The van der Waals surface area contributed by atoms with Crippen molar-refractivity contribution < 1.29 is 14.8 Å². The molecule has 2 aromatic rings. The molecule has 0 radical (unpaired) electrons. The van der Waals surface area contributed by atoms with Gasteiger partial charge in [-0.25, -0.2) is 4.98 Å². The largest absolute Gasteiger partial charge is 0.379 e. The minimum atomic E-state index is -0.529. The van der Waals surface area contributed by atoms with Gasteiger partial charge in [0.2, 0.25) is 0 Å². The fourth-order valence-electron chi connectivity index (χ4n) is 2.45. The Hall–Kier alpha value is -1.96. The minimum Gasteiger partial charge on any atom is -0.379 e. The number of hydrogen-bond acceptors (Lipinski definition) is 6. The van der Waals surface area contributed by atoms with Gasteiger partial charge in [-0.15, -0.1) is 11.3 Å². The van der Waals surface area contributed by atoms with Gasteiger partial charge in [-0.05, 0) is 49.6 Å². The van der Waals surface area contributed by atoms with Crippen molar-refractivity contribution >= 4 is 17.2 Å². The summed E-state index contributed by atoms with van der Waals surface area (Å²) >= 11 is 1.59. The molecule has 0 saturated carbocycles. The van der Waals surface area contributed by atoms with E-state index in [4.69, 9.17) is 4.84 Å². The summed E-state index contributed by atoms with van der Waals surface area (Å²) in [6.45, 7) is 2.49. The number of rotatable bonds is 4. The number of hydrogen-bond donors (Lipinski definition) is 2. The first-order valence-corrected chi connectivity index (χ1v) is 7.96. The molecule has 0 bridgehead atoms. The Balaban J connectivity index is 1.60. The van der Waals surface area contributed by atoms with Crippen molar-refractivity contribution in [3.63, 3.8) is 0 Å². The molecule has 1 aliphatic rings. The van der Waals surface area contributed by atoms with E-state index in [1.54, 1.807) is 23.5 Å². The molecule has 22 heavy (non-hydrogen) atoms. The van der Waals surface area contributed by atoms with E-state index in [1.807, 2.05) is 24.6 Å². The van der Waals surface area contributed by atoms with E-state index in [9.17, 15) is 10.0 Å². The molecular formula is C15H17N3O3S. The number of carbonyl (C=O) groups excluding carboxylic acids is 1. The number of aromatic nitrogens is 1. The van der Waals surface area contributed by atoms with Gasteiger partial charge in [-0.1, -0.05) is 0 Å². The molecule has 0 spiro atoms. The predicted octanol–water partition coefficient (Wildman–Crippen LogP) is 2.38. The minimum absolute atomic E-state index is 0.331. The standard InChI is InChI=1S/C15H17N3O3S/c1-10-14(22-9-16-10)11-4-6-12(7-5-11)21-17-15(19)13-3-2-8-18(13)20/h4-7,9,13,20H,2-3,8H2,1H3,(H,17,19). The molecule has 1 aromatic carbocycles. The average molecular weight is 319 g/mol. The molecule has 1 fully saturated rings. The topological polar surface area (TPSA) is 74.7 Å². The molecule has 6 nitrogen and oxygen atoms in total. The molecule has 3 rings (SSSR count). The maximum absolute atomic E-state index is 11.9. The van der Waals surface area contributed by atoms with Crippen molar-refractivity contribution in [3.05, 3.63) is 35.5 Å². The van der Waals surface area contributed by atoms with Gasteiger partial charge in [-0.3, -0.25) is 4.79 Å². The Morgan fingerprint density at radius 3 is 2.82 bits per heavy atom. The van der Waals surface area contributed by atoms with Gasteiger partial charge in [0.05, 0.1) is 16.1 Å². The Kier molecular flexibility index (Phi) is 4.37. The van der Waals surface area contributed by atoms with E-state index in [2.05, 4.69) is 10.5 Å². The van der Waals surface area contributed by atoms with Gasteiger partial charge in [0.15, 0.2) is 5.75 Å². The SMILES string of the molecule is Cc1ncsc1-c1ccc(ONC(=O)C2CCCN2O)cc1. The van der Waals surface area contributed by atoms with Crippen LogP contribution in [0.3, 0.4) is 0 Å². The normalized spacial score (nSPS) is 18.4. The summed E-state index contributed by atoms with van der Waals surface area (Å²) in [5.74, 6) is 0.212. The van der Waals surface area contributed by atoms with Crippen LogP contribution in [0.1, 0.15) is 18.5 Å². The third-order valence-electron chi connectivity index (χ3n) is 3.66. The second kappa shape index (κ2) is 6.43. The van der Waals surface area contributed by atoms with Crippen LogP contribution in [0.2, 0.25) is 0 Å². The molecule has 1 unspecified atom stereocenters. The number of nitrogens with zero attached hydrogens (tertiary/aromatic N) is 2. The molecule has 2 N–H and O–H groups in total. The number of thiazole rings is 1. The summed E-state index contributed by atoms with van der Waals surface area (Å²) in [6.07, 6.45) is 1.44. The van der Waals surface area contributed by atoms with Gasteiger partial charge < -0.3 is 10.0 Å². The lowest BCUT2D eigenvalue weighted by Crippen LogP contribution is -2.43. The molecular weight excluding hydrogens is 302 g/mol. The van der Waals surface area contributed by atoms with Gasteiger partial charge in [-0.2, -0.15) is 10.5 Å². The second-order valence-corrected chi connectivity index (χ2v) is 6.04. The van der Waals surface area contributed by atoms with Crippen LogP contribution in [0.5, 0.6) is 5.75 Å². The van der Waals surface area contributed by atoms with Crippen molar-refractivity contribution in [2.24, 2.45) is 0 Å². The molecule has 1 aromatic heterocycles. The van der Waals surface area contributed by atoms with Crippen LogP contribution in [0, 0.1) is 6.92 Å². The zero-order chi connectivity index (χ0) is 15.5. The molecule has 7 heteroatoms. The summed E-state index contributed by atoms with van der Waals surface area (Å²) < 4.78 is 0. The number of carbonyl (C=O) groups is 1. The molecule has 116 valence electrons. The molecule has 0 aliphatic carbocycles. The maximum atomic E-state index is 11.9. The Morgan fingerprint density at radius 1 is 1.45 bits per heavy atom. The summed E-state index contributed by atoms with van der Waals surface area (Å²) in [4.78, 5) is 22.5. The highest BCUT2D eigenvalue weighted by molar-refractivity contribution is 7.13. The first-order valence-electron chi connectivity index (χ1n) is 7.08. The summed E-state index contributed by atoms with van der Waals surface area (Å²) in [7, 11) is 0. The van der Waals surface area contributed by atoms with Gasteiger partial charge in [0.25, 0.3) is 5.91 Å². The van der Waals surface area contributed by atoms with Crippen LogP contribution in [0.15, 0.2) is 29.8 Å². The number of amides is 1. The van der Waals surface area contributed by atoms with E-state index in [0.717, 1.165) is 27.6 Å². The highest BCUT2D eigenvalue weighted by Gasteiger charge is 2.30. The van der Waals surface area contributed by atoms with Crippen LogP contribution in [-0.4, -0.2) is 33.7 Å². The van der Waals surface area contributed by atoms with Gasteiger partial charge >= 0.3 is 0 Å². The lowest BCUT2D eigenvalue weighted by atomic mass is 10.1. The zero-order valence-electron chi connectivity index (χ0n) is 12.2. The van der Waals surface area contributed by atoms with E-state index < -0.39 is 6.04 Å². The number of aryl methyl sites for hydroxylation is 1. The number of benzene rings is 1. The van der Waals surface area contributed by atoms with Crippen molar-refractivity contribution in [1.82, 2.24) is 15.5 Å². The summed E-state index contributed by atoms with van der Waals surface area (Å²) in [5.41, 5.74) is 6.27. The second-order valence-electron chi connectivity index (χ2n) is 5.18. The van der Waals surface area contributed by atoms with Crippen molar-refractivity contribution in [1.29, 1.82) is 0 Å². The third-order valence-corrected chi connectivity index (χ3v) is 4.64. The predicted molar refractivity (Wildman–Crippen MR) is 82.6 cm³/mol. The molecule has 1 saturated heterocycles. The molecule has 1 amide bonds. The van der Waals surface area contributed by atoms with Crippen LogP contribution in [0.25, 0.3) is 10.4 Å².